The van der Waals surface area contributed by atoms with E-state index in [1.54, 1.807) is 30.5 Å². The number of rotatable bonds is 3. The number of pyridine rings is 1. The molecule has 0 bridgehead atoms. The molecule has 1 aliphatic heterocycles. The maximum atomic E-state index is 10.1. The van der Waals surface area contributed by atoms with Crippen LogP contribution in [0.4, 0.5) is 5.69 Å². The van der Waals surface area contributed by atoms with Crippen molar-refractivity contribution < 1.29 is 5.11 Å². The predicted molar refractivity (Wildman–Crippen MR) is 116 cm³/mol. The van der Waals surface area contributed by atoms with Gasteiger partial charge in [0.25, 0.3) is 0 Å². The van der Waals surface area contributed by atoms with E-state index in [-0.39, 0.29) is 5.75 Å². The van der Waals surface area contributed by atoms with Crippen LogP contribution in [-0.2, 0) is 0 Å². The number of hydrogen-bond acceptors (Lipinski definition) is 6. The molecular weight excluding hydrogens is 376 g/mol. The highest BCUT2D eigenvalue weighted by Gasteiger charge is 2.20. The molecule has 4 aromatic rings. The van der Waals surface area contributed by atoms with Gasteiger partial charge < -0.3 is 15.3 Å². The summed E-state index contributed by atoms with van der Waals surface area (Å²) in [5.74, 6) is 0.170. The van der Waals surface area contributed by atoms with Crippen LogP contribution in [0.5, 0.6) is 5.75 Å². The van der Waals surface area contributed by atoms with Crippen LogP contribution in [0.3, 0.4) is 0 Å². The minimum atomic E-state index is 0.170. The molecule has 0 amide bonds. The normalized spacial score (nSPS) is 14.0. The summed E-state index contributed by atoms with van der Waals surface area (Å²) in [6.45, 7) is 3.81. The molecule has 7 nitrogen and oxygen atoms in total. The van der Waals surface area contributed by atoms with Gasteiger partial charge in [-0.1, -0.05) is 12.1 Å². The van der Waals surface area contributed by atoms with Gasteiger partial charge in [0.2, 0.25) is 0 Å². The quantitative estimate of drug-likeness (QED) is 0.491. The predicted octanol–water partition coefficient (Wildman–Crippen LogP) is 3.28. The molecule has 1 aliphatic rings. The van der Waals surface area contributed by atoms with Crippen molar-refractivity contribution >= 4 is 16.7 Å². The summed E-state index contributed by atoms with van der Waals surface area (Å²) in [6.07, 6.45) is 1.72. The van der Waals surface area contributed by atoms with E-state index >= 15 is 0 Å². The fraction of sp³-hybridized carbons (Fsp3) is 0.174. The Kier molecular flexibility index (Phi) is 4.54. The Labute approximate surface area is 173 Å². The molecule has 7 heteroatoms. The zero-order valence-electron chi connectivity index (χ0n) is 16.3. The lowest BCUT2D eigenvalue weighted by atomic mass is 9.94. The van der Waals surface area contributed by atoms with Gasteiger partial charge in [-0.3, -0.25) is 5.10 Å². The zero-order chi connectivity index (χ0) is 20.5. The number of benzene rings is 2. The van der Waals surface area contributed by atoms with Gasteiger partial charge >= 0.3 is 0 Å². The minimum absolute atomic E-state index is 0.170. The smallest absolute Gasteiger partial charge is 0.156 e. The number of phenolic OH excluding ortho intramolecular Hbond substituents is 1. The topological polar surface area (TPSA) is 101 Å². The first kappa shape index (κ1) is 18.2. The van der Waals surface area contributed by atoms with E-state index in [4.69, 9.17) is 0 Å². The third kappa shape index (κ3) is 3.13. The summed E-state index contributed by atoms with van der Waals surface area (Å²) in [4.78, 5) is 7.01. The van der Waals surface area contributed by atoms with E-state index in [9.17, 15) is 10.4 Å². The van der Waals surface area contributed by atoms with Crippen LogP contribution >= 0.6 is 0 Å². The highest BCUT2D eigenvalue weighted by Crippen LogP contribution is 2.37. The summed E-state index contributed by atoms with van der Waals surface area (Å²) in [5.41, 5.74) is 5.36. The van der Waals surface area contributed by atoms with Crippen molar-refractivity contribution in [3.05, 3.63) is 60.3 Å². The van der Waals surface area contributed by atoms with Crippen molar-refractivity contribution in [1.82, 2.24) is 20.5 Å². The van der Waals surface area contributed by atoms with Crippen molar-refractivity contribution in [3.63, 3.8) is 0 Å². The van der Waals surface area contributed by atoms with Crippen molar-refractivity contribution in [2.24, 2.45) is 0 Å². The molecule has 5 rings (SSSR count). The summed E-state index contributed by atoms with van der Waals surface area (Å²) in [6, 6.07) is 17.4. The lowest BCUT2D eigenvalue weighted by molar-refractivity contribution is 0.475. The number of aromatic nitrogens is 3. The number of piperazine rings is 1. The SMILES string of the molecule is N#Cc1c(-c2ccc(O)cc2)nc2[nH]ncc2c1-c1cccc(N2CCNCC2)c1. The molecule has 1 fully saturated rings. The number of aromatic amines is 1. The number of fused-ring (bicyclic) bond motifs is 1. The van der Waals surface area contributed by atoms with Gasteiger partial charge in [-0.25, -0.2) is 4.98 Å². The molecule has 1 saturated heterocycles. The Bertz CT molecular complexity index is 1250. The molecule has 0 saturated carbocycles. The van der Waals surface area contributed by atoms with Crippen LogP contribution in [0.15, 0.2) is 54.7 Å². The van der Waals surface area contributed by atoms with Crippen LogP contribution in [0.1, 0.15) is 5.56 Å². The third-order valence-electron chi connectivity index (χ3n) is 5.47. The molecule has 148 valence electrons. The van der Waals surface area contributed by atoms with E-state index in [2.05, 4.69) is 43.6 Å². The lowest BCUT2D eigenvalue weighted by Crippen LogP contribution is -2.43. The first-order chi connectivity index (χ1) is 14.7. The molecule has 3 N–H and O–H groups in total. The Morgan fingerprint density at radius 1 is 1.03 bits per heavy atom. The molecule has 2 aromatic carbocycles. The molecule has 0 spiro atoms. The van der Waals surface area contributed by atoms with E-state index in [1.807, 2.05) is 12.1 Å². The van der Waals surface area contributed by atoms with Crippen LogP contribution in [0.25, 0.3) is 33.4 Å². The number of nitrogens with one attached hydrogen (secondary N) is 2. The van der Waals surface area contributed by atoms with Gasteiger partial charge in [0.1, 0.15) is 11.8 Å². The lowest BCUT2D eigenvalue weighted by Gasteiger charge is -2.29. The Hall–Kier alpha value is -3.89. The van der Waals surface area contributed by atoms with Crippen LogP contribution in [-0.4, -0.2) is 46.5 Å². The Morgan fingerprint density at radius 2 is 1.83 bits per heavy atom. The number of nitrogens with zero attached hydrogens (tertiary/aromatic N) is 4. The molecule has 0 atom stereocenters. The number of nitriles is 1. The van der Waals surface area contributed by atoms with Crippen molar-refractivity contribution in [2.45, 2.75) is 0 Å². The molecule has 0 unspecified atom stereocenters. The van der Waals surface area contributed by atoms with Crippen molar-refractivity contribution in [1.29, 1.82) is 5.26 Å². The van der Waals surface area contributed by atoms with Crippen LogP contribution in [0.2, 0.25) is 0 Å². The number of hydrogen-bond donors (Lipinski definition) is 3. The molecule has 2 aromatic heterocycles. The van der Waals surface area contributed by atoms with Gasteiger partial charge in [0.05, 0.1) is 17.5 Å². The summed E-state index contributed by atoms with van der Waals surface area (Å²) in [5, 5.41) is 31.0. The second-order valence-electron chi connectivity index (χ2n) is 7.29. The standard InChI is InChI=1S/C23H20N6O/c24-13-19-21(16-2-1-3-17(12-16)29-10-8-25-9-11-29)20-14-26-28-23(20)27-22(19)15-4-6-18(30)7-5-15/h1-7,12,14,25,30H,8-11H2,(H,26,27,28). The van der Waals surface area contributed by atoms with Gasteiger partial charge in [-0.15, -0.1) is 0 Å². The summed E-state index contributed by atoms with van der Waals surface area (Å²) >= 11 is 0. The molecular formula is C23H20N6O. The van der Waals surface area contributed by atoms with Gasteiger partial charge in [0, 0.05) is 48.4 Å². The zero-order valence-corrected chi connectivity index (χ0v) is 16.3. The van der Waals surface area contributed by atoms with Crippen LogP contribution < -0.4 is 10.2 Å². The molecule has 30 heavy (non-hydrogen) atoms. The van der Waals surface area contributed by atoms with Crippen LogP contribution in [0, 0.1) is 11.3 Å². The average Bonchev–Trinajstić information content (AvgIpc) is 3.27. The first-order valence-electron chi connectivity index (χ1n) is 9.87. The fourth-order valence-corrected chi connectivity index (χ4v) is 3.99. The highest BCUT2D eigenvalue weighted by atomic mass is 16.3. The average molecular weight is 396 g/mol. The number of aromatic hydroxyl groups is 1. The fourth-order valence-electron chi connectivity index (χ4n) is 3.99. The maximum absolute atomic E-state index is 10.1. The molecule has 0 radical (unpaired) electrons. The number of anilines is 1. The Balaban J connectivity index is 1.72. The summed E-state index contributed by atoms with van der Waals surface area (Å²) < 4.78 is 0. The molecule has 3 heterocycles. The Morgan fingerprint density at radius 3 is 2.60 bits per heavy atom. The van der Waals surface area contributed by atoms with Gasteiger partial charge in [-0.2, -0.15) is 10.4 Å². The van der Waals surface area contributed by atoms with E-state index in [0.717, 1.165) is 53.9 Å². The summed E-state index contributed by atoms with van der Waals surface area (Å²) in [7, 11) is 0. The largest absolute Gasteiger partial charge is 0.508 e. The minimum Gasteiger partial charge on any atom is -0.508 e. The van der Waals surface area contributed by atoms with E-state index < -0.39 is 0 Å². The van der Waals surface area contributed by atoms with Gasteiger partial charge in [0.15, 0.2) is 5.65 Å². The third-order valence-corrected chi connectivity index (χ3v) is 5.47. The second-order valence-corrected chi connectivity index (χ2v) is 7.29. The van der Waals surface area contributed by atoms with Crippen molar-refractivity contribution in [2.75, 3.05) is 31.1 Å². The second kappa shape index (κ2) is 7.50. The number of phenols is 1. The molecule has 0 aliphatic carbocycles. The van der Waals surface area contributed by atoms with E-state index in [1.165, 1.54) is 0 Å². The number of H-pyrrole nitrogens is 1. The van der Waals surface area contributed by atoms with E-state index in [0.29, 0.717) is 16.9 Å². The monoisotopic (exact) mass is 396 g/mol. The van der Waals surface area contributed by atoms with Crippen molar-refractivity contribution in [3.8, 4) is 34.2 Å². The maximum Gasteiger partial charge on any atom is 0.156 e. The van der Waals surface area contributed by atoms with Gasteiger partial charge in [-0.05, 0) is 42.0 Å². The first-order valence-corrected chi connectivity index (χ1v) is 9.87. The highest BCUT2D eigenvalue weighted by molar-refractivity contribution is 5.99.